The van der Waals surface area contributed by atoms with E-state index in [0.717, 1.165) is 18.2 Å². The summed E-state index contributed by atoms with van der Waals surface area (Å²) in [7, 11) is 0. The molecule has 0 amide bonds. The summed E-state index contributed by atoms with van der Waals surface area (Å²) >= 11 is 0. The fraction of sp³-hybridized carbons (Fsp3) is 0.273. The average Bonchev–Trinajstić information content (AvgIpc) is 2.34. The van der Waals surface area contributed by atoms with Gasteiger partial charge in [0.05, 0.1) is 23.2 Å². The van der Waals surface area contributed by atoms with Crippen LogP contribution in [-0.4, -0.2) is 22.6 Å². The zero-order valence-corrected chi connectivity index (χ0v) is 9.33. The maximum absolute atomic E-state index is 10.7. The monoisotopic (exact) mass is 250 g/mol. The number of benzene rings is 1. The van der Waals surface area contributed by atoms with Gasteiger partial charge in [-0.1, -0.05) is 0 Å². The highest BCUT2D eigenvalue weighted by Gasteiger charge is 2.17. The Morgan fingerprint density at radius 1 is 1.56 bits per heavy atom. The van der Waals surface area contributed by atoms with Crippen LogP contribution in [0.2, 0.25) is 0 Å². The van der Waals surface area contributed by atoms with E-state index in [1.165, 1.54) is 0 Å². The highest BCUT2D eigenvalue weighted by Crippen LogP contribution is 2.28. The fourth-order valence-electron chi connectivity index (χ4n) is 1.25. The van der Waals surface area contributed by atoms with Gasteiger partial charge in [0, 0.05) is 18.6 Å². The number of nitriles is 1. The standard InChI is InChI=1S/C11H10N2O5/c12-5-1-2-6-18-10-7-8(11(14)15)3-4-9(10)13(16)17/h3-4,7H,1-2,6H2,(H,14,15). The van der Waals surface area contributed by atoms with E-state index in [1.54, 1.807) is 0 Å². The van der Waals surface area contributed by atoms with Crippen LogP contribution in [0, 0.1) is 21.4 Å². The molecule has 1 aromatic rings. The van der Waals surface area contributed by atoms with E-state index >= 15 is 0 Å². The van der Waals surface area contributed by atoms with Crippen molar-refractivity contribution in [1.29, 1.82) is 5.26 Å². The van der Waals surface area contributed by atoms with Gasteiger partial charge in [0.1, 0.15) is 0 Å². The molecule has 0 aliphatic rings. The predicted molar refractivity (Wildman–Crippen MR) is 60.4 cm³/mol. The number of carbonyl (C=O) groups is 1. The zero-order chi connectivity index (χ0) is 13.5. The summed E-state index contributed by atoms with van der Waals surface area (Å²) in [6.07, 6.45) is 0.692. The van der Waals surface area contributed by atoms with Gasteiger partial charge in [-0.15, -0.1) is 0 Å². The Labute approximate surface area is 102 Å². The third-order valence-electron chi connectivity index (χ3n) is 2.09. The number of nitro groups is 1. The molecular formula is C11H10N2O5. The number of rotatable bonds is 6. The normalized spacial score (nSPS) is 9.50. The highest BCUT2D eigenvalue weighted by atomic mass is 16.6. The molecule has 0 aromatic heterocycles. The van der Waals surface area contributed by atoms with Crippen LogP contribution < -0.4 is 4.74 Å². The molecule has 7 heteroatoms. The third kappa shape index (κ3) is 3.45. The first kappa shape index (κ1) is 13.4. The molecule has 0 saturated heterocycles. The smallest absolute Gasteiger partial charge is 0.335 e. The number of hydrogen-bond acceptors (Lipinski definition) is 5. The number of nitro benzene ring substituents is 1. The second-order valence-corrected chi connectivity index (χ2v) is 3.35. The van der Waals surface area contributed by atoms with Crippen LogP contribution in [0.5, 0.6) is 5.75 Å². The van der Waals surface area contributed by atoms with Crippen LogP contribution in [0.3, 0.4) is 0 Å². The van der Waals surface area contributed by atoms with E-state index in [-0.39, 0.29) is 30.0 Å². The zero-order valence-electron chi connectivity index (χ0n) is 9.33. The minimum atomic E-state index is -1.19. The Hall–Kier alpha value is -2.62. The Bertz CT molecular complexity index is 507. The lowest BCUT2D eigenvalue weighted by Gasteiger charge is -2.06. The van der Waals surface area contributed by atoms with Gasteiger partial charge >= 0.3 is 11.7 Å². The molecule has 0 fully saturated rings. The van der Waals surface area contributed by atoms with Crippen LogP contribution >= 0.6 is 0 Å². The van der Waals surface area contributed by atoms with Crippen molar-refractivity contribution < 1.29 is 19.6 Å². The molecule has 0 aliphatic carbocycles. The first-order valence-electron chi connectivity index (χ1n) is 5.07. The van der Waals surface area contributed by atoms with Gasteiger partial charge in [0.2, 0.25) is 0 Å². The summed E-state index contributed by atoms with van der Waals surface area (Å²) in [5.74, 6) is -1.29. The molecule has 0 unspecified atom stereocenters. The number of carboxylic acid groups (broad SMARTS) is 1. The quantitative estimate of drug-likeness (QED) is 0.469. The fourth-order valence-corrected chi connectivity index (χ4v) is 1.25. The molecule has 94 valence electrons. The van der Waals surface area contributed by atoms with Crippen LogP contribution in [0.4, 0.5) is 5.69 Å². The van der Waals surface area contributed by atoms with Gasteiger partial charge in [0.15, 0.2) is 5.75 Å². The highest BCUT2D eigenvalue weighted by molar-refractivity contribution is 5.88. The molecule has 0 spiro atoms. The summed E-state index contributed by atoms with van der Waals surface area (Å²) < 4.78 is 5.14. The van der Waals surface area contributed by atoms with Crippen molar-refractivity contribution in [2.45, 2.75) is 12.8 Å². The van der Waals surface area contributed by atoms with Crippen molar-refractivity contribution in [3.05, 3.63) is 33.9 Å². The number of unbranched alkanes of at least 4 members (excludes halogenated alkanes) is 1. The lowest BCUT2D eigenvalue weighted by Crippen LogP contribution is -2.03. The molecule has 1 rings (SSSR count). The van der Waals surface area contributed by atoms with E-state index in [0.29, 0.717) is 6.42 Å². The van der Waals surface area contributed by atoms with Crippen molar-refractivity contribution >= 4 is 11.7 Å². The molecule has 0 radical (unpaired) electrons. The Morgan fingerprint density at radius 3 is 2.83 bits per heavy atom. The lowest BCUT2D eigenvalue weighted by atomic mass is 10.2. The molecule has 0 heterocycles. The topological polar surface area (TPSA) is 113 Å². The minimum absolute atomic E-state index is 0.0871. The molecule has 0 aliphatic heterocycles. The number of carboxylic acids is 1. The SMILES string of the molecule is N#CCCCOc1cc(C(=O)O)ccc1[N+](=O)[O-]. The molecule has 0 bridgehead atoms. The van der Waals surface area contributed by atoms with E-state index in [4.69, 9.17) is 15.1 Å². The molecule has 0 saturated carbocycles. The van der Waals surface area contributed by atoms with Crippen LogP contribution in [0.15, 0.2) is 18.2 Å². The van der Waals surface area contributed by atoms with Gasteiger partial charge in [-0.05, 0) is 12.5 Å². The van der Waals surface area contributed by atoms with Crippen molar-refractivity contribution in [3.8, 4) is 11.8 Å². The van der Waals surface area contributed by atoms with Gasteiger partial charge in [-0.25, -0.2) is 4.79 Å². The Balaban J connectivity index is 2.90. The lowest BCUT2D eigenvalue weighted by molar-refractivity contribution is -0.385. The van der Waals surface area contributed by atoms with Crippen molar-refractivity contribution in [2.75, 3.05) is 6.61 Å². The molecule has 7 nitrogen and oxygen atoms in total. The average molecular weight is 250 g/mol. The van der Waals surface area contributed by atoms with Gasteiger partial charge in [0.25, 0.3) is 0 Å². The van der Waals surface area contributed by atoms with E-state index < -0.39 is 10.9 Å². The van der Waals surface area contributed by atoms with Gasteiger partial charge < -0.3 is 9.84 Å². The summed E-state index contributed by atoms with van der Waals surface area (Å²) in [5.41, 5.74) is -0.382. The number of aromatic carboxylic acids is 1. The minimum Gasteiger partial charge on any atom is -0.487 e. The summed E-state index contributed by atoms with van der Waals surface area (Å²) in [4.78, 5) is 20.8. The second-order valence-electron chi connectivity index (χ2n) is 3.35. The molecule has 18 heavy (non-hydrogen) atoms. The largest absolute Gasteiger partial charge is 0.487 e. The number of hydrogen-bond donors (Lipinski definition) is 1. The van der Waals surface area contributed by atoms with Gasteiger partial charge in [-0.3, -0.25) is 10.1 Å². The molecule has 1 aromatic carbocycles. The van der Waals surface area contributed by atoms with Crippen LogP contribution in [0.1, 0.15) is 23.2 Å². The van der Waals surface area contributed by atoms with Crippen molar-refractivity contribution in [2.24, 2.45) is 0 Å². The van der Waals surface area contributed by atoms with Crippen molar-refractivity contribution in [3.63, 3.8) is 0 Å². The Morgan fingerprint density at radius 2 is 2.28 bits per heavy atom. The maximum Gasteiger partial charge on any atom is 0.335 e. The maximum atomic E-state index is 10.7. The third-order valence-corrected chi connectivity index (χ3v) is 2.09. The van der Waals surface area contributed by atoms with E-state index in [1.807, 2.05) is 6.07 Å². The molecular weight excluding hydrogens is 240 g/mol. The number of nitrogens with zero attached hydrogens (tertiary/aromatic N) is 2. The predicted octanol–water partition coefficient (Wildman–Crippen LogP) is 1.98. The summed E-state index contributed by atoms with van der Waals surface area (Å²) in [6.45, 7) is 0.122. The Kier molecular flexibility index (Phi) is 4.63. The van der Waals surface area contributed by atoms with E-state index in [9.17, 15) is 14.9 Å². The first-order valence-corrected chi connectivity index (χ1v) is 5.07. The summed E-state index contributed by atoms with van der Waals surface area (Å²) in [5, 5.41) is 27.8. The van der Waals surface area contributed by atoms with Gasteiger partial charge in [-0.2, -0.15) is 5.26 Å². The second kappa shape index (κ2) is 6.20. The summed E-state index contributed by atoms with van der Waals surface area (Å²) in [6, 6.07) is 5.24. The molecule has 0 atom stereocenters. The van der Waals surface area contributed by atoms with E-state index in [2.05, 4.69) is 0 Å². The van der Waals surface area contributed by atoms with Crippen molar-refractivity contribution in [1.82, 2.24) is 0 Å². The molecule has 1 N–H and O–H groups in total. The van der Waals surface area contributed by atoms with Crippen LogP contribution in [0.25, 0.3) is 0 Å². The number of ether oxygens (including phenoxy) is 1. The van der Waals surface area contributed by atoms with Crippen LogP contribution in [-0.2, 0) is 0 Å². The first-order chi connectivity index (χ1) is 8.56.